The smallest absolute Gasteiger partial charge is 0.122 e. The summed E-state index contributed by atoms with van der Waals surface area (Å²) in [5, 5.41) is 21.8. The Hall–Kier alpha value is -1.96. The van der Waals surface area contributed by atoms with Crippen LogP contribution in [0.5, 0.6) is 11.5 Å². The summed E-state index contributed by atoms with van der Waals surface area (Å²) in [4.78, 5) is 0. The van der Waals surface area contributed by atoms with Crippen molar-refractivity contribution in [1.82, 2.24) is 0 Å². The number of hydrogen-bond donors (Lipinski definition) is 2. The van der Waals surface area contributed by atoms with Crippen molar-refractivity contribution in [3.63, 3.8) is 0 Å². The Morgan fingerprint density at radius 3 is 1.18 bits per heavy atom. The topological polar surface area (TPSA) is 40.5 Å². The molecular weight excluding hydrogens is 344 g/mol. The minimum absolute atomic E-state index is 0.103. The Morgan fingerprint density at radius 2 is 0.929 bits per heavy atom. The lowest BCUT2D eigenvalue weighted by Crippen LogP contribution is -2.14. The predicted molar refractivity (Wildman–Crippen MR) is 120 cm³/mol. The molecule has 0 aliphatic carbocycles. The molecule has 2 heteroatoms. The van der Waals surface area contributed by atoms with Crippen LogP contribution in [0.25, 0.3) is 0 Å². The SMILES string of the molecule is CCc1cc(CCc2cc(CC)cc(C(C)(C)C)c2O)c(O)c(C(C)(C)C)c1. The highest BCUT2D eigenvalue weighted by atomic mass is 16.3. The molecule has 0 fully saturated rings. The van der Waals surface area contributed by atoms with E-state index in [0.717, 1.165) is 35.1 Å². The summed E-state index contributed by atoms with van der Waals surface area (Å²) in [5.41, 5.74) is 6.25. The first kappa shape index (κ1) is 22.3. The van der Waals surface area contributed by atoms with Gasteiger partial charge in [0.1, 0.15) is 11.5 Å². The maximum absolute atomic E-state index is 10.9. The number of benzene rings is 2. The molecular formula is C26H38O2. The van der Waals surface area contributed by atoms with Crippen molar-refractivity contribution < 1.29 is 10.2 Å². The van der Waals surface area contributed by atoms with Gasteiger partial charge in [-0.1, -0.05) is 79.7 Å². The normalized spacial score (nSPS) is 12.4. The fourth-order valence-electron chi connectivity index (χ4n) is 3.72. The largest absolute Gasteiger partial charge is 0.507 e. The van der Waals surface area contributed by atoms with Gasteiger partial charge in [0, 0.05) is 0 Å². The summed E-state index contributed by atoms with van der Waals surface area (Å²) in [7, 11) is 0. The average Bonchev–Trinajstić information content (AvgIpc) is 2.59. The van der Waals surface area contributed by atoms with Gasteiger partial charge in [0.15, 0.2) is 0 Å². The molecule has 0 aliphatic heterocycles. The van der Waals surface area contributed by atoms with E-state index in [1.165, 1.54) is 11.1 Å². The minimum Gasteiger partial charge on any atom is -0.507 e. The third-order valence-corrected chi connectivity index (χ3v) is 5.59. The molecule has 2 nitrogen and oxygen atoms in total. The van der Waals surface area contributed by atoms with E-state index in [2.05, 4.69) is 79.7 Å². The molecule has 2 N–H and O–H groups in total. The van der Waals surface area contributed by atoms with E-state index in [9.17, 15) is 10.2 Å². The van der Waals surface area contributed by atoms with Crippen molar-refractivity contribution in [1.29, 1.82) is 0 Å². The molecule has 0 spiro atoms. The minimum atomic E-state index is -0.103. The Kier molecular flexibility index (Phi) is 6.53. The lowest BCUT2D eigenvalue weighted by molar-refractivity contribution is 0.434. The molecule has 0 saturated carbocycles. The summed E-state index contributed by atoms with van der Waals surface area (Å²) in [6.07, 6.45) is 3.32. The Morgan fingerprint density at radius 1 is 0.607 bits per heavy atom. The summed E-state index contributed by atoms with van der Waals surface area (Å²) >= 11 is 0. The molecule has 28 heavy (non-hydrogen) atoms. The summed E-state index contributed by atoms with van der Waals surface area (Å²) in [5.74, 6) is 0.818. The molecule has 0 aliphatic rings. The number of hydrogen-bond acceptors (Lipinski definition) is 2. The molecule has 0 heterocycles. The van der Waals surface area contributed by atoms with Crippen LogP contribution in [0.15, 0.2) is 24.3 Å². The summed E-state index contributed by atoms with van der Waals surface area (Å²) in [6.45, 7) is 17.1. The molecule has 0 unspecified atom stereocenters. The van der Waals surface area contributed by atoms with E-state index in [4.69, 9.17) is 0 Å². The molecule has 2 rings (SSSR count). The van der Waals surface area contributed by atoms with E-state index >= 15 is 0 Å². The maximum Gasteiger partial charge on any atom is 0.122 e. The standard InChI is InChI=1S/C26H38O2/c1-9-17-13-19(23(27)21(15-17)25(3,4)5)11-12-20-14-18(10-2)16-22(24(20)28)26(6,7)8/h13-16,27-28H,9-12H2,1-8H3. The molecule has 154 valence electrons. The number of aryl methyl sites for hydroxylation is 4. The third kappa shape index (κ3) is 4.90. The highest BCUT2D eigenvalue weighted by Gasteiger charge is 2.23. The highest BCUT2D eigenvalue weighted by Crippen LogP contribution is 2.38. The molecule has 0 atom stereocenters. The molecule has 0 radical (unpaired) electrons. The number of aromatic hydroxyl groups is 2. The van der Waals surface area contributed by atoms with Crippen LogP contribution in [0.4, 0.5) is 0 Å². The van der Waals surface area contributed by atoms with E-state index in [1.54, 1.807) is 0 Å². The van der Waals surface area contributed by atoms with Crippen LogP contribution in [0.1, 0.15) is 88.8 Å². The van der Waals surface area contributed by atoms with Crippen LogP contribution in [0.3, 0.4) is 0 Å². The van der Waals surface area contributed by atoms with E-state index in [-0.39, 0.29) is 10.8 Å². The van der Waals surface area contributed by atoms with E-state index in [0.29, 0.717) is 24.3 Å². The van der Waals surface area contributed by atoms with Gasteiger partial charge in [0.2, 0.25) is 0 Å². The lowest BCUT2D eigenvalue weighted by Gasteiger charge is -2.24. The van der Waals surface area contributed by atoms with Gasteiger partial charge in [-0.25, -0.2) is 0 Å². The first-order valence-electron chi connectivity index (χ1n) is 10.6. The zero-order chi connectivity index (χ0) is 21.3. The van der Waals surface area contributed by atoms with E-state index < -0.39 is 0 Å². The Balaban J connectivity index is 2.44. The lowest BCUT2D eigenvalue weighted by atomic mass is 9.82. The second-order valence-corrected chi connectivity index (χ2v) is 10.0. The number of rotatable bonds is 5. The van der Waals surface area contributed by atoms with Crippen LogP contribution >= 0.6 is 0 Å². The fraction of sp³-hybridized carbons (Fsp3) is 0.538. The van der Waals surface area contributed by atoms with Gasteiger partial charge in [-0.2, -0.15) is 0 Å². The second kappa shape index (κ2) is 8.19. The maximum atomic E-state index is 10.9. The van der Waals surface area contributed by atoms with Gasteiger partial charge in [0.25, 0.3) is 0 Å². The fourth-order valence-corrected chi connectivity index (χ4v) is 3.72. The Labute approximate surface area is 171 Å². The van der Waals surface area contributed by atoms with Crippen molar-refractivity contribution in [2.24, 2.45) is 0 Å². The Bertz CT molecular complexity index is 761. The van der Waals surface area contributed by atoms with Crippen molar-refractivity contribution in [2.45, 2.75) is 91.9 Å². The molecule has 0 aromatic heterocycles. The van der Waals surface area contributed by atoms with Crippen LogP contribution in [0, 0.1) is 0 Å². The first-order valence-corrected chi connectivity index (χ1v) is 10.6. The van der Waals surface area contributed by atoms with Crippen LogP contribution in [0.2, 0.25) is 0 Å². The van der Waals surface area contributed by atoms with Crippen LogP contribution in [-0.4, -0.2) is 10.2 Å². The molecule has 0 saturated heterocycles. The van der Waals surface area contributed by atoms with Crippen molar-refractivity contribution in [2.75, 3.05) is 0 Å². The molecule has 0 bridgehead atoms. The van der Waals surface area contributed by atoms with Gasteiger partial charge >= 0.3 is 0 Å². The predicted octanol–water partition coefficient (Wildman–Crippen LogP) is 6.60. The highest BCUT2D eigenvalue weighted by molar-refractivity contribution is 5.50. The molecule has 0 amide bonds. The van der Waals surface area contributed by atoms with Crippen LogP contribution in [-0.2, 0) is 36.5 Å². The second-order valence-electron chi connectivity index (χ2n) is 10.0. The van der Waals surface area contributed by atoms with Gasteiger partial charge < -0.3 is 10.2 Å². The van der Waals surface area contributed by atoms with Gasteiger partial charge in [-0.3, -0.25) is 0 Å². The third-order valence-electron chi connectivity index (χ3n) is 5.59. The first-order chi connectivity index (χ1) is 12.9. The van der Waals surface area contributed by atoms with E-state index in [1.807, 2.05) is 0 Å². The molecule has 2 aromatic carbocycles. The van der Waals surface area contributed by atoms with Crippen molar-refractivity contribution in [3.8, 4) is 11.5 Å². The molecule has 2 aromatic rings. The van der Waals surface area contributed by atoms with Crippen LogP contribution < -0.4 is 0 Å². The monoisotopic (exact) mass is 382 g/mol. The summed E-state index contributed by atoms with van der Waals surface area (Å²) in [6, 6.07) is 8.50. The van der Waals surface area contributed by atoms with Gasteiger partial charge in [0.05, 0.1) is 0 Å². The van der Waals surface area contributed by atoms with Crippen molar-refractivity contribution >= 4 is 0 Å². The number of phenolic OH excluding ortho intramolecular Hbond substituents is 2. The quantitative estimate of drug-likeness (QED) is 0.611. The van der Waals surface area contributed by atoms with Gasteiger partial charge in [-0.05, 0) is 69.9 Å². The van der Waals surface area contributed by atoms with Gasteiger partial charge in [-0.15, -0.1) is 0 Å². The zero-order valence-corrected chi connectivity index (χ0v) is 19.0. The summed E-state index contributed by atoms with van der Waals surface area (Å²) < 4.78 is 0. The number of phenols is 2. The average molecular weight is 383 g/mol. The van der Waals surface area contributed by atoms with Crippen molar-refractivity contribution in [3.05, 3.63) is 57.6 Å². The zero-order valence-electron chi connectivity index (χ0n) is 19.0.